The summed E-state index contributed by atoms with van der Waals surface area (Å²) in [5.41, 5.74) is 2.39. The molecule has 1 fully saturated rings. The second-order valence-corrected chi connectivity index (χ2v) is 7.26. The van der Waals surface area contributed by atoms with Gasteiger partial charge >= 0.3 is 0 Å². The van der Waals surface area contributed by atoms with E-state index >= 15 is 0 Å². The van der Waals surface area contributed by atoms with Crippen LogP contribution in [0.1, 0.15) is 21.5 Å². The van der Waals surface area contributed by atoms with Crippen LogP contribution in [0.5, 0.6) is 5.75 Å². The molecule has 0 unspecified atom stereocenters. The maximum Gasteiger partial charge on any atom is 0.260 e. The number of nitrogens with zero attached hydrogens (tertiary/aromatic N) is 2. The molecule has 5 nitrogen and oxygen atoms in total. The van der Waals surface area contributed by atoms with Crippen molar-refractivity contribution in [3.05, 3.63) is 63.9 Å². The fourth-order valence-electron chi connectivity index (χ4n) is 3.18. The largest absolute Gasteiger partial charge is 0.484 e. The van der Waals surface area contributed by atoms with E-state index in [1.54, 1.807) is 9.80 Å². The fraction of sp³-hybridized carbons (Fsp3) is 0.333. The van der Waals surface area contributed by atoms with Gasteiger partial charge in [0.25, 0.3) is 11.8 Å². The van der Waals surface area contributed by atoms with Crippen LogP contribution in [0.25, 0.3) is 0 Å². The van der Waals surface area contributed by atoms with Crippen molar-refractivity contribution in [3.8, 4) is 5.75 Å². The molecule has 1 aliphatic rings. The van der Waals surface area contributed by atoms with E-state index in [4.69, 9.17) is 16.3 Å². The minimum absolute atomic E-state index is 0.0400. The number of rotatable bonds is 4. The SMILES string of the molecule is Cc1ccc(OCC(=O)N2CCN(C(=O)c3ccc(F)cc3Cl)CC2)c(C)c1. The Labute approximate surface area is 168 Å². The molecule has 2 aromatic carbocycles. The van der Waals surface area contributed by atoms with Gasteiger partial charge in [-0.05, 0) is 43.7 Å². The molecule has 148 valence electrons. The van der Waals surface area contributed by atoms with Gasteiger partial charge in [0.05, 0.1) is 10.6 Å². The summed E-state index contributed by atoms with van der Waals surface area (Å²) in [6.07, 6.45) is 0. The predicted molar refractivity (Wildman–Crippen MR) is 105 cm³/mol. The molecule has 0 spiro atoms. The summed E-state index contributed by atoms with van der Waals surface area (Å²) in [6.45, 7) is 5.52. The summed E-state index contributed by atoms with van der Waals surface area (Å²) in [7, 11) is 0. The van der Waals surface area contributed by atoms with E-state index < -0.39 is 5.82 Å². The van der Waals surface area contributed by atoms with Crippen LogP contribution in [-0.2, 0) is 4.79 Å². The lowest BCUT2D eigenvalue weighted by atomic mass is 10.1. The molecule has 0 radical (unpaired) electrons. The Balaban J connectivity index is 1.53. The number of aryl methyl sites for hydroxylation is 2. The zero-order chi connectivity index (χ0) is 20.3. The first-order chi connectivity index (χ1) is 13.3. The number of hydrogen-bond donors (Lipinski definition) is 0. The first kappa shape index (κ1) is 20.1. The Kier molecular flexibility index (Phi) is 6.19. The van der Waals surface area contributed by atoms with Crippen molar-refractivity contribution in [1.82, 2.24) is 9.80 Å². The zero-order valence-corrected chi connectivity index (χ0v) is 16.6. The van der Waals surface area contributed by atoms with Crippen LogP contribution in [0.2, 0.25) is 5.02 Å². The van der Waals surface area contributed by atoms with Gasteiger partial charge in [0, 0.05) is 26.2 Å². The molecule has 2 aromatic rings. The normalized spacial score (nSPS) is 14.1. The molecule has 0 atom stereocenters. The van der Waals surface area contributed by atoms with E-state index in [0.717, 1.165) is 17.2 Å². The Hall–Kier alpha value is -2.60. The van der Waals surface area contributed by atoms with Gasteiger partial charge in [-0.25, -0.2) is 4.39 Å². The smallest absolute Gasteiger partial charge is 0.260 e. The first-order valence-corrected chi connectivity index (χ1v) is 9.45. The molecule has 3 rings (SSSR count). The summed E-state index contributed by atoms with van der Waals surface area (Å²) >= 11 is 5.98. The molecule has 1 heterocycles. The van der Waals surface area contributed by atoms with Gasteiger partial charge in [-0.1, -0.05) is 29.3 Å². The lowest BCUT2D eigenvalue weighted by molar-refractivity contribution is -0.134. The molecule has 0 bridgehead atoms. The van der Waals surface area contributed by atoms with Crippen LogP contribution in [-0.4, -0.2) is 54.4 Å². The summed E-state index contributed by atoms with van der Waals surface area (Å²) in [5.74, 6) is -0.171. The van der Waals surface area contributed by atoms with E-state index in [1.165, 1.54) is 12.1 Å². The van der Waals surface area contributed by atoms with Crippen LogP contribution in [0, 0.1) is 19.7 Å². The Bertz CT molecular complexity index is 895. The maximum atomic E-state index is 13.2. The molecule has 2 amide bonds. The molecular weight excluding hydrogens is 383 g/mol. The average molecular weight is 405 g/mol. The standard InChI is InChI=1S/C21H22ClFN2O3/c1-14-3-6-19(15(2)11-14)28-13-20(26)24-7-9-25(10-8-24)21(27)17-5-4-16(23)12-18(17)22/h3-6,11-12H,7-10,13H2,1-2H3. The van der Waals surface area contributed by atoms with E-state index in [2.05, 4.69) is 0 Å². The van der Waals surface area contributed by atoms with Crippen LogP contribution < -0.4 is 4.74 Å². The molecule has 1 saturated heterocycles. The molecule has 0 saturated carbocycles. The van der Waals surface area contributed by atoms with Gasteiger partial charge in [0.1, 0.15) is 11.6 Å². The van der Waals surface area contributed by atoms with Gasteiger partial charge in [-0.3, -0.25) is 9.59 Å². The van der Waals surface area contributed by atoms with Gasteiger partial charge in [0.2, 0.25) is 0 Å². The number of piperazine rings is 1. The van der Waals surface area contributed by atoms with Crippen molar-refractivity contribution in [2.75, 3.05) is 32.8 Å². The highest BCUT2D eigenvalue weighted by molar-refractivity contribution is 6.33. The van der Waals surface area contributed by atoms with Gasteiger partial charge in [0.15, 0.2) is 6.61 Å². The second-order valence-electron chi connectivity index (χ2n) is 6.85. The molecular formula is C21H22ClFN2O3. The molecule has 0 aromatic heterocycles. The van der Waals surface area contributed by atoms with Gasteiger partial charge < -0.3 is 14.5 Å². The number of amides is 2. The average Bonchev–Trinajstić information content (AvgIpc) is 2.67. The van der Waals surface area contributed by atoms with Crippen LogP contribution >= 0.6 is 11.6 Å². The topological polar surface area (TPSA) is 49.9 Å². The minimum Gasteiger partial charge on any atom is -0.484 e. The number of halogens is 2. The lowest BCUT2D eigenvalue weighted by Gasteiger charge is -2.35. The van der Waals surface area contributed by atoms with Gasteiger partial charge in [-0.15, -0.1) is 0 Å². The molecule has 7 heteroatoms. The van der Waals surface area contributed by atoms with Crippen molar-refractivity contribution in [2.45, 2.75) is 13.8 Å². The molecule has 0 N–H and O–H groups in total. The number of hydrogen-bond acceptors (Lipinski definition) is 3. The van der Waals surface area contributed by atoms with E-state index in [9.17, 15) is 14.0 Å². The van der Waals surface area contributed by atoms with E-state index in [1.807, 2.05) is 32.0 Å². The fourth-order valence-corrected chi connectivity index (χ4v) is 3.43. The zero-order valence-electron chi connectivity index (χ0n) is 15.9. The monoisotopic (exact) mass is 404 g/mol. The summed E-state index contributed by atoms with van der Waals surface area (Å²) in [5, 5.41) is 0.0883. The highest BCUT2D eigenvalue weighted by Gasteiger charge is 2.26. The number of benzene rings is 2. The third-order valence-corrected chi connectivity index (χ3v) is 5.08. The van der Waals surface area contributed by atoms with Crippen LogP contribution in [0.15, 0.2) is 36.4 Å². The minimum atomic E-state index is -0.485. The van der Waals surface area contributed by atoms with Crippen molar-refractivity contribution < 1.29 is 18.7 Å². The Morgan fingerprint density at radius 1 is 1.04 bits per heavy atom. The summed E-state index contributed by atoms with van der Waals surface area (Å²) in [4.78, 5) is 28.3. The summed E-state index contributed by atoms with van der Waals surface area (Å²) < 4.78 is 18.8. The van der Waals surface area contributed by atoms with Crippen molar-refractivity contribution >= 4 is 23.4 Å². The maximum absolute atomic E-state index is 13.2. The van der Waals surface area contributed by atoms with Gasteiger partial charge in [-0.2, -0.15) is 0 Å². The predicted octanol–water partition coefficient (Wildman–Crippen LogP) is 3.46. The Morgan fingerprint density at radius 3 is 2.36 bits per heavy atom. The number of carbonyl (C=O) groups excluding carboxylic acids is 2. The van der Waals surface area contributed by atoms with Crippen molar-refractivity contribution in [3.63, 3.8) is 0 Å². The van der Waals surface area contributed by atoms with Crippen molar-refractivity contribution in [2.24, 2.45) is 0 Å². The van der Waals surface area contributed by atoms with Crippen LogP contribution in [0.4, 0.5) is 4.39 Å². The van der Waals surface area contributed by atoms with Crippen molar-refractivity contribution in [1.29, 1.82) is 0 Å². The molecule has 28 heavy (non-hydrogen) atoms. The Morgan fingerprint density at radius 2 is 1.71 bits per heavy atom. The highest BCUT2D eigenvalue weighted by Crippen LogP contribution is 2.21. The first-order valence-electron chi connectivity index (χ1n) is 9.07. The number of carbonyl (C=O) groups is 2. The van der Waals surface area contributed by atoms with E-state index in [-0.39, 0.29) is 29.0 Å². The molecule has 0 aliphatic carbocycles. The highest BCUT2D eigenvalue weighted by atomic mass is 35.5. The summed E-state index contributed by atoms with van der Waals surface area (Å²) in [6, 6.07) is 9.53. The lowest BCUT2D eigenvalue weighted by Crippen LogP contribution is -2.51. The second kappa shape index (κ2) is 8.61. The van der Waals surface area contributed by atoms with Crippen LogP contribution in [0.3, 0.4) is 0 Å². The third-order valence-electron chi connectivity index (χ3n) is 4.76. The third kappa shape index (κ3) is 4.62. The van der Waals surface area contributed by atoms with E-state index in [0.29, 0.717) is 31.9 Å². The quantitative estimate of drug-likeness (QED) is 0.784. The number of ether oxygens (including phenoxy) is 1. The molecule has 1 aliphatic heterocycles.